The van der Waals surface area contributed by atoms with Gasteiger partial charge in [-0.2, -0.15) is 0 Å². The van der Waals surface area contributed by atoms with Gasteiger partial charge in [0.1, 0.15) is 11.6 Å². The number of aromatic nitrogens is 4. The quantitative estimate of drug-likeness (QED) is 0.629. The fraction of sp³-hybridized carbons (Fsp3) is 0.133. The van der Waals surface area contributed by atoms with E-state index >= 15 is 0 Å². The van der Waals surface area contributed by atoms with Crippen molar-refractivity contribution in [1.29, 1.82) is 0 Å². The Hall–Kier alpha value is -2.54. The predicted octanol–water partition coefficient (Wildman–Crippen LogP) is 3.13. The van der Waals surface area contributed by atoms with Gasteiger partial charge < -0.3 is 5.32 Å². The van der Waals surface area contributed by atoms with Crippen LogP contribution in [0.15, 0.2) is 42.6 Å². The molecule has 1 aromatic carbocycles. The average molecular weight is 313 g/mol. The summed E-state index contributed by atoms with van der Waals surface area (Å²) in [6, 6.07) is 10.4. The summed E-state index contributed by atoms with van der Waals surface area (Å²) >= 11 is 1.45. The lowest BCUT2D eigenvalue weighted by Gasteiger charge is -2.01. The van der Waals surface area contributed by atoms with Gasteiger partial charge in [-0.1, -0.05) is 17.4 Å². The van der Waals surface area contributed by atoms with Gasteiger partial charge in [0, 0.05) is 19.2 Å². The number of hydrogen-bond donors (Lipinski definition) is 1. The first-order valence-electron chi connectivity index (χ1n) is 6.88. The molecule has 5 nitrogen and oxygen atoms in total. The molecule has 0 bridgehead atoms. The Morgan fingerprint density at radius 1 is 1.18 bits per heavy atom. The molecule has 0 fully saturated rings. The van der Waals surface area contributed by atoms with Crippen LogP contribution >= 0.6 is 11.3 Å². The number of pyridine rings is 1. The fourth-order valence-electron chi connectivity index (χ4n) is 2.32. The van der Waals surface area contributed by atoms with Crippen LogP contribution < -0.4 is 5.32 Å². The average Bonchev–Trinajstić information content (AvgIpc) is 3.11. The van der Waals surface area contributed by atoms with E-state index < -0.39 is 0 Å². The maximum Gasteiger partial charge on any atom is 0.183 e. The van der Waals surface area contributed by atoms with Crippen LogP contribution in [0.4, 0.5) is 9.52 Å². The van der Waals surface area contributed by atoms with E-state index in [1.54, 1.807) is 6.07 Å². The molecule has 3 aromatic heterocycles. The number of fused-ring (bicyclic) bond motifs is 2. The molecule has 0 atom stereocenters. The van der Waals surface area contributed by atoms with Gasteiger partial charge in [0.05, 0.1) is 10.2 Å². The number of benzene rings is 1. The molecule has 110 valence electrons. The number of thiazole rings is 1. The fourth-order valence-corrected chi connectivity index (χ4v) is 3.23. The lowest BCUT2D eigenvalue weighted by atomic mass is 10.3. The smallest absolute Gasteiger partial charge is 0.183 e. The van der Waals surface area contributed by atoms with Gasteiger partial charge in [0.2, 0.25) is 0 Å². The Kier molecular flexibility index (Phi) is 3.19. The van der Waals surface area contributed by atoms with E-state index in [0.29, 0.717) is 6.54 Å². The van der Waals surface area contributed by atoms with Gasteiger partial charge in [0.25, 0.3) is 0 Å². The summed E-state index contributed by atoms with van der Waals surface area (Å²) in [5, 5.41) is 12.4. The molecular weight excluding hydrogens is 301 g/mol. The summed E-state index contributed by atoms with van der Waals surface area (Å²) in [6.45, 7) is 0.692. The number of nitrogens with zero attached hydrogens (tertiary/aromatic N) is 4. The molecule has 4 rings (SSSR count). The largest absolute Gasteiger partial charge is 0.361 e. The van der Waals surface area contributed by atoms with E-state index in [0.717, 1.165) is 33.2 Å². The zero-order valence-corrected chi connectivity index (χ0v) is 12.3. The highest BCUT2D eigenvalue weighted by atomic mass is 32.1. The van der Waals surface area contributed by atoms with Crippen LogP contribution in [0.25, 0.3) is 15.9 Å². The van der Waals surface area contributed by atoms with Gasteiger partial charge in [-0.15, -0.1) is 10.2 Å². The van der Waals surface area contributed by atoms with Crippen LogP contribution in [0.5, 0.6) is 0 Å². The van der Waals surface area contributed by atoms with Crippen molar-refractivity contribution < 1.29 is 4.39 Å². The molecule has 0 aliphatic rings. The van der Waals surface area contributed by atoms with E-state index in [1.807, 2.05) is 28.8 Å². The molecular formula is C15H12FN5S. The number of halogens is 1. The highest BCUT2D eigenvalue weighted by Gasteiger charge is 2.06. The molecule has 0 aliphatic carbocycles. The summed E-state index contributed by atoms with van der Waals surface area (Å²) in [7, 11) is 0. The third-order valence-electron chi connectivity index (χ3n) is 3.36. The molecule has 0 saturated heterocycles. The van der Waals surface area contributed by atoms with Crippen molar-refractivity contribution in [3.63, 3.8) is 0 Å². The minimum atomic E-state index is -0.238. The first kappa shape index (κ1) is 13.1. The summed E-state index contributed by atoms with van der Waals surface area (Å²) in [5.74, 6) is 0.660. The number of anilines is 1. The molecule has 3 heterocycles. The maximum atomic E-state index is 13.2. The van der Waals surface area contributed by atoms with Gasteiger partial charge in [-0.05, 0) is 30.3 Å². The normalized spacial score (nSPS) is 11.3. The lowest BCUT2D eigenvalue weighted by Crippen LogP contribution is -2.07. The number of rotatable bonds is 4. The molecule has 0 amide bonds. The maximum absolute atomic E-state index is 13.2. The third kappa shape index (κ3) is 2.39. The van der Waals surface area contributed by atoms with Crippen molar-refractivity contribution in [2.45, 2.75) is 6.42 Å². The Balaban J connectivity index is 1.47. The molecule has 0 unspecified atom stereocenters. The van der Waals surface area contributed by atoms with Crippen molar-refractivity contribution in [2.24, 2.45) is 0 Å². The lowest BCUT2D eigenvalue weighted by molar-refractivity contribution is 0.630. The number of hydrogen-bond acceptors (Lipinski definition) is 5. The van der Waals surface area contributed by atoms with Crippen LogP contribution in [-0.2, 0) is 6.42 Å². The number of nitrogens with one attached hydrogen (secondary N) is 1. The van der Waals surface area contributed by atoms with Crippen molar-refractivity contribution in [3.8, 4) is 0 Å². The Bertz CT molecular complexity index is 945. The molecule has 1 N–H and O–H groups in total. The first-order chi connectivity index (χ1) is 10.8. The predicted molar refractivity (Wildman–Crippen MR) is 84.8 cm³/mol. The molecule has 4 aromatic rings. The van der Waals surface area contributed by atoms with Gasteiger partial charge in [-0.25, -0.2) is 9.37 Å². The van der Waals surface area contributed by atoms with Crippen LogP contribution in [0.3, 0.4) is 0 Å². The van der Waals surface area contributed by atoms with Crippen molar-refractivity contribution >= 4 is 32.3 Å². The summed E-state index contributed by atoms with van der Waals surface area (Å²) < 4.78 is 16.0. The minimum Gasteiger partial charge on any atom is -0.361 e. The van der Waals surface area contributed by atoms with E-state index in [-0.39, 0.29) is 5.82 Å². The second-order valence-electron chi connectivity index (χ2n) is 4.85. The minimum absolute atomic E-state index is 0.238. The zero-order valence-electron chi connectivity index (χ0n) is 11.5. The monoisotopic (exact) mass is 313 g/mol. The molecule has 7 heteroatoms. The van der Waals surface area contributed by atoms with E-state index in [9.17, 15) is 4.39 Å². The van der Waals surface area contributed by atoms with Crippen molar-refractivity contribution in [2.75, 3.05) is 11.9 Å². The highest BCUT2D eigenvalue weighted by molar-refractivity contribution is 7.22. The first-order valence-corrected chi connectivity index (χ1v) is 7.70. The third-order valence-corrected chi connectivity index (χ3v) is 4.34. The molecule has 0 spiro atoms. The summed E-state index contributed by atoms with van der Waals surface area (Å²) in [5.41, 5.74) is 1.65. The van der Waals surface area contributed by atoms with Gasteiger partial charge in [0.15, 0.2) is 10.8 Å². The molecule has 0 aliphatic heterocycles. The summed E-state index contributed by atoms with van der Waals surface area (Å²) in [6.07, 6.45) is 2.68. The Labute approximate surface area is 129 Å². The zero-order chi connectivity index (χ0) is 14.9. The van der Waals surface area contributed by atoms with Gasteiger partial charge >= 0.3 is 0 Å². The Morgan fingerprint density at radius 2 is 2.14 bits per heavy atom. The SMILES string of the molecule is Fc1ccc2nc(NCCc3nnc4ccccn34)sc2c1. The van der Waals surface area contributed by atoms with Crippen LogP contribution in [0.2, 0.25) is 0 Å². The highest BCUT2D eigenvalue weighted by Crippen LogP contribution is 2.26. The summed E-state index contributed by atoms with van der Waals surface area (Å²) in [4.78, 5) is 4.43. The van der Waals surface area contributed by atoms with Crippen LogP contribution in [0, 0.1) is 5.82 Å². The van der Waals surface area contributed by atoms with Gasteiger partial charge in [-0.3, -0.25) is 4.40 Å². The molecule has 22 heavy (non-hydrogen) atoms. The van der Waals surface area contributed by atoms with Crippen LogP contribution in [-0.4, -0.2) is 26.1 Å². The second-order valence-corrected chi connectivity index (χ2v) is 5.88. The standard InChI is InChI=1S/C15H12FN5S/c16-10-4-5-11-12(9-10)22-15(18-11)17-7-6-14-20-19-13-3-1-2-8-21(13)14/h1-5,8-9H,6-7H2,(H,17,18). The second kappa shape index (κ2) is 5.34. The molecule has 0 radical (unpaired) electrons. The Morgan fingerprint density at radius 3 is 3.09 bits per heavy atom. The topological polar surface area (TPSA) is 55.1 Å². The molecule has 0 saturated carbocycles. The van der Waals surface area contributed by atoms with E-state index in [1.165, 1.54) is 23.5 Å². The van der Waals surface area contributed by atoms with Crippen molar-refractivity contribution in [3.05, 3.63) is 54.2 Å². The van der Waals surface area contributed by atoms with E-state index in [2.05, 4.69) is 20.5 Å². The van der Waals surface area contributed by atoms with E-state index in [4.69, 9.17) is 0 Å². The van der Waals surface area contributed by atoms with Crippen LogP contribution in [0.1, 0.15) is 5.82 Å². The van der Waals surface area contributed by atoms with Crippen molar-refractivity contribution in [1.82, 2.24) is 19.6 Å².